The van der Waals surface area contributed by atoms with Crippen LogP contribution >= 0.6 is 0 Å². The van der Waals surface area contributed by atoms with Crippen molar-refractivity contribution in [3.63, 3.8) is 0 Å². The Balaban J connectivity index is 1.54. The molecule has 0 aromatic heterocycles. The van der Waals surface area contributed by atoms with Crippen LogP contribution in [0, 0.1) is 0 Å². The third-order valence-electron chi connectivity index (χ3n) is 3.98. The van der Waals surface area contributed by atoms with E-state index in [4.69, 9.17) is 18.9 Å². The quantitative estimate of drug-likeness (QED) is 0.610. The van der Waals surface area contributed by atoms with Crippen LogP contribution in [0.25, 0.3) is 6.08 Å². The van der Waals surface area contributed by atoms with Crippen LogP contribution in [0.1, 0.15) is 12.5 Å². The molecule has 0 saturated heterocycles. The van der Waals surface area contributed by atoms with Crippen molar-refractivity contribution < 1.29 is 28.5 Å². The van der Waals surface area contributed by atoms with E-state index in [0.717, 1.165) is 5.56 Å². The van der Waals surface area contributed by atoms with E-state index >= 15 is 0 Å². The molecule has 0 aliphatic carbocycles. The van der Waals surface area contributed by atoms with E-state index < -0.39 is 18.0 Å². The van der Waals surface area contributed by atoms with Crippen LogP contribution in [-0.4, -0.2) is 38.3 Å². The van der Waals surface area contributed by atoms with Crippen molar-refractivity contribution in [2.75, 3.05) is 25.6 Å². The van der Waals surface area contributed by atoms with Gasteiger partial charge in [0, 0.05) is 17.8 Å². The zero-order valence-electron chi connectivity index (χ0n) is 15.6. The fraction of sp³-hybridized carbons (Fsp3) is 0.238. The minimum atomic E-state index is -0.962. The van der Waals surface area contributed by atoms with Crippen LogP contribution in [0.2, 0.25) is 0 Å². The third kappa shape index (κ3) is 5.03. The maximum Gasteiger partial charge on any atom is 0.331 e. The molecule has 146 valence electrons. The summed E-state index contributed by atoms with van der Waals surface area (Å²) in [7, 11) is 1.57. The molecule has 3 rings (SSSR count). The van der Waals surface area contributed by atoms with Gasteiger partial charge in [-0.1, -0.05) is 12.1 Å². The Labute approximate surface area is 162 Å². The number of carbonyl (C=O) groups excluding carboxylic acids is 2. The van der Waals surface area contributed by atoms with Gasteiger partial charge in [0.2, 0.25) is 0 Å². The number of methoxy groups -OCH3 is 1. The molecule has 7 nitrogen and oxygen atoms in total. The SMILES string of the molecule is COc1cccc(/C=C/C(=O)O[C@H](C)C(=O)Nc2ccc3c(c2)OCCO3)c1. The maximum absolute atomic E-state index is 12.3. The lowest BCUT2D eigenvalue weighted by Crippen LogP contribution is -2.29. The first-order valence-corrected chi connectivity index (χ1v) is 8.78. The highest BCUT2D eigenvalue weighted by Gasteiger charge is 2.18. The average Bonchev–Trinajstić information content (AvgIpc) is 2.72. The molecule has 1 heterocycles. The molecule has 1 amide bonds. The number of hydrogen-bond acceptors (Lipinski definition) is 6. The molecule has 1 aliphatic rings. The zero-order chi connectivity index (χ0) is 19.9. The fourth-order valence-electron chi connectivity index (χ4n) is 2.54. The standard InChI is InChI=1S/C21H21NO6/c1-14(28-20(23)9-6-15-4-3-5-17(12-15)25-2)21(24)22-16-7-8-18-19(13-16)27-11-10-26-18/h3-9,12-14H,10-11H2,1-2H3,(H,22,24)/b9-6+/t14-/m1/s1. The molecule has 1 atom stereocenters. The van der Waals surface area contributed by atoms with Crippen LogP contribution < -0.4 is 19.5 Å². The first-order valence-electron chi connectivity index (χ1n) is 8.78. The van der Waals surface area contributed by atoms with Gasteiger partial charge >= 0.3 is 5.97 Å². The number of fused-ring (bicyclic) bond motifs is 1. The van der Waals surface area contributed by atoms with Gasteiger partial charge in [0.1, 0.15) is 19.0 Å². The van der Waals surface area contributed by atoms with Gasteiger partial charge in [0.15, 0.2) is 17.6 Å². The number of anilines is 1. The van der Waals surface area contributed by atoms with Crippen LogP contribution in [-0.2, 0) is 14.3 Å². The molecule has 7 heteroatoms. The van der Waals surface area contributed by atoms with Crippen LogP contribution in [0.3, 0.4) is 0 Å². The summed E-state index contributed by atoms with van der Waals surface area (Å²) in [4.78, 5) is 24.2. The molecule has 0 bridgehead atoms. The Hall–Kier alpha value is -3.48. The van der Waals surface area contributed by atoms with E-state index in [1.165, 1.54) is 13.0 Å². The normalized spacial score (nSPS) is 13.6. The molecule has 1 aliphatic heterocycles. The lowest BCUT2D eigenvalue weighted by atomic mass is 10.2. The van der Waals surface area contributed by atoms with E-state index in [2.05, 4.69) is 5.32 Å². The summed E-state index contributed by atoms with van der Waals surface area (Å²) in [5.41, 5.74) is 1.31. The maximum atomic E-state index is 12.3. The van der Waals surface area contributed by atoms with Crippen molar-refractivity contribution >= 4 is 23.6 Å². The Kier molecular flexibility index (Phi) is 6.16. The molecule has 1 N–H and O–H groups in total. The van der Waals surface area contributed by atoms with Crippen LogP contribution in [0.5, 0.6) is 17.2 Å². The average molecular weight is 383 g/mol. The topological polar surface area (TPSA) is 83.1 Å². The van der Waals surface area contributed by atoms with Crippen LogP contribution in [0.15, 0.2) is 48.5 Å². The van der Waals surface area contributed by atoms with Gasteiger partial charge in [-0.25, -0.2) is 4.79 Å². The van der Waals surface area contributed by atoms with Crippen molar-refractivity contribution in [2.24, 2.45) is 0 Å². The number of hydrogen-bond donors (Lipinski definition) is 1. The Morgan fingerprint density at radius 1 is 1.11 bits per heavy atom. The predicted molar refractivity (Wildman–Crippen MR) is 104 cm³/mol. The minimum Gasteiger partial charge on any atom is -0.497 e. The highest BCUT2D eigenvalue weighted by Crippen LogP contribution is 2.32. The third-order valence-corrected chi connectivity index (χ3v) is 3.98. The summed E-state index contributed by atoms with van der Waals surface area (Å²) in [6.45, 7) is 2.46. The van der Waals surface area contributed by atoms with E-state index in [0.29, 0.717) is 36.1 Å². The summed E-state index contributed by atoms with van der Waals surface area (Å²) in [6, 6.07) is 12.3. The lowest BCUT2D eigenvalue weighted by Gasteiger charge is -2.19. The second-order valence-electron chi connectivity index (χ2n) is 6.04. The summed E-state index contributed by atoms with van der Waals surface area (Å²) < 4.78 is 21.2. The zero-order valence-corrected chi connectivity index (χ0v) is 15.6. The smallest absolute Gasteiger partial charge is 0.331 e. The fourth-order valence-corrected chi connectivity index (χ4v) is 2.54. The van der Waals surface area contributed by atoms with Gasteiger partial charge < -0.3 is 24.3 Å². The van der Waals surface area contributed by atoms with E-state index in [-0.39, 0.29) is 0 Å². The van der Waals surface area contributed by atoms with Crippen molar-refractivity contribution in [2.45, 2.75) is 13.0 Å². The van der Waals surface area contributed by atoms with Gasteiger partial charge in [-0.05, 0) is 42.8 Å². The van der Waals surface area contributed by atoms with E-state index in [1.807, 2.05) is 12.1 Å². The van der Waals surface area contributed by atoms with Crippen molar-refractivity contribution in [1.29, 1.82) is 0 Å². The molecular weight excluding hydrogens is 362 g/mol. The van der Waals surface area contributed by atoms with Crippen molar-refractivity contribution in [3.8, 4) is 17.2 Å². The highest BCUT2D eigenvalue weighted by molar-refractivity contribution is 5.96. The lowest BCUT2D eigenvalue weighted by molar-refractivity contribution is -0.148. The van der Waals surface area contributed by atoms with Gasteiger partial charge in [-0.15, -0.1) is 0 Å². The minimum absolute atomic E-state index is 0.445. The number of ether oxygens (including phenoxy) is 4. The molecule has 0 unspecified atom stereocenters. The largest absolute Gasteiger partial charge is 0.497 e. The molecule has 0 radical (unpaired) electrons. The number of esters is 1. The van der Waals surface area contributed by atoms with Gasteiger partial charge in [0.05, 0.1) is 7.11 Å². The number of nitrogens with one attached hydrogen (secondary N) is 1. The second kappa shape index (κ2) is 8.94. The van der Waals surface area contributed by atoms with Crippen LogP contribution in [0.4, 0.5) is 5.69 Å². The van der Waals surface area contributed by atoms with E-state index in [1.54, 1.807) is 43.5 Å². The number of amides is 1. The Bertz CT molecular complexity index is 892. The predicted octanol–water partition coefficient (Wildman–Crippen LogP) is 3.05. The number of rotatable bonds is 6. The number of carbonyl (C=O) groups is 2. The molecular formula is C21H21NO6. The Morgan fingerprint density at radius 3 is 2.68 bits per heavy atom. The highest BCUT2D eigenvalue weighted by atomic mass is 16.6. The number of benzene rings is 2. The molecule has 0 saturated carbocycles. The van der Waals surface area contributed by atoms with Crippen molar-refractivity contribution in [3.05, 3.63) is 54.1 Å². The van der Waals surface area contributed by atoms with Crippen molar-refractivity contribution in [1.82, 2.24) is 0 Å². The summed E-state index contributed by atoms with van der Waals surface area (Å²) in [5.74, 6) is 0.816. The molecule has 2 aromatic carbocycles. The monoisotopic (exact) mass is 383 g/mol. The Morgan fingerprint density at radius 2 is 1.89 bits per heavy atom. The molecule has 0 fully saturated rings. The first kappa shape index (κ1) is 19.3. The summed E-state index contributed by atoms with van der Waals surface area (Å²) in [6.07, 6.45) is 1.90. The van der Waals surface area contributed by atoms with E-state index in [9.17, 15) is 9.59 Å². The molecule has 28 heavy (non-hydrogen) atoms. The first-order chi connectivity index (χ1) is 13.5. The second-order valence-corrected chi connectivity index (χ2v) is 6.04. The molecule has 2 aromatic rings. The van der Waals surface area contributed by atoms with Gasteiger partial charge in [-0.3, -0.25) is 4.79 Å². The summed E-state index contributed by atoms with van der Waals surface area (Å²) >= 11 is 0. The van der Waals surface area contributed by atoms with Gasteiger partial charge in [0.25, 0.3) is 5.91 Å². The van der Waals surface area contributed by atoms with Gasteiger partial charge in [-0.2, -0.15) is 0 Å². The molecule has 0 spiro atoms. The summed E-state index contributed by atoms with van der Waals surface area (Å²) in [5, 5.41) is 2.69.